The van der Waals surface area contributed by atoms with Gasteiger partial charge in [-0.25, -0.2) is 0 Å². The van der Waals surface area contributed by atoms with Crippen LogP contribution in [0.25, 0.3) is 0 Å². The molecule has 0 bridgehead atoms. The third kappa shape index (κ3) is 2.94. The molecule has 1 aromatic rings. The lowest BCUT2D eigenvalue weighted by Gasteiger charge is -2.32. The number of fused-ring (bicyclic) bond motifs is 1. The molecule has 2 aliphatic rings. The Balaban J connectivity index is 1.74. The first-order valence-corrected chi connectivity index (χ1v) is 7.79. The molecule has 19 heavy (non-hydrogen) atoms. The lowest BCUT2D eigenvalue weighted by atomic mass is 9.86. The maximum atomic E-state index is 5.35. The average molecular weight is 259 g/mol. The molecule has 2 heteroatoms. The molecule has 1 N–H and O–H groups in total. The van der Waals surface area contributed by atoms with E-state index >= 15 is 0 Å². The number of ether oxygens (including phenoxy) is 1. The van der Waals surface area contributed by atoms with E-state index in [1.165, 1.54) is 62.5 Å². The second-order valence-electron chi connectivity index (χ2n) is 6.01. The summed E-state index contributed by atoms with van der Waals surface area (Å²) in [5.41, 5.74) is 3.00. The van der Waals surface area contributed by atoms with E-state index in [1.54, 1.807) is 7.11 Å². The average Bonchev–Trinajstić information content (AvgIpc) is 2.48. The molecular weight excluding hydrogens is 234 g/mol. The maximum absolute atomic E-state index is 5.35. The van der Waals surface area contributed by atoms with Crippen molar-refractivity contribution in [3.63, 3.8) is 0 Å². The summed E-state index contributed by atoms with van der Waals surface area (Å²) in [6, 6.07) is 7.92. The highest BCUT2D eigenvalue weighted by Crippen LogP contribution is 2.33. The van der Waals surface area contributed by atoms with E-state index in [0.717, 1.165) is 11.8 Å². The summed E-state index contributed by atoms with van der Waals surface area (Å²) < 4.78 is 5.35. The van der Waals surface area contributed by atoms with Gasteiger partial charge in [-0.15, -0.1) is 0 Å². The molecule has 1 fully saturated rings. The Morgan fingerprint density at radius 1 is 1.05 bits per heavy atom. The van der Waals surface area contributed by atoms with Gasteiger partial charge in [0.05, 0.1) is 7.11 Å². The topological polar surface area (TPSA) is 21.3 Å². The quantitative estimate of drug-likeness (QED) is 0.886. The Labute approximate surface area is 116 Å². The van der Waals surface area contributed by atoms with Crippen molar-refractivity contribution in [3.8, 4) is 5.75 Å². The summed E-state index contributed by atoms with van der Waals surface area (Å²) >= 11 is 0. The van der Waals surface area contributed by atoms with Crippen molar-refractivity contribution in [2.45, 2.75) is 63.5 Å². The van der Waals surface area contributed by atoms with Gasteiger partial charge in [0, 0.05) is 12.1 Å². The highest BCUT2D eigenvalue weighted by atomic mass is 16.5. The van der Waals surface area contributed by atoms with Crippen LogP contribution in [-0.2, 0) is 6.42 Å². The minimum Gasteiger partial charge on any atom is -0.497 e. The fourth-order valence-corrected chi connectivity index (χ4v) is 3.64. The van der Waals surface area contributed by atoms with E-state index in [2.05, 4.69) is 23.5 Å². The van der Waals surface area contributed by atoms with E-state index < -0.39 is 0 Å². The number of hydrogen-bond acceptors (Lipinski definition) is 2. The van der Waals surface area contributed by atoms with Gasteiger partial charge in [-0.2, -0.15) is 0 Å². The Bertz CT molecular complexity index is 423. The maximum Gasteiger partial charge on any atom is 0.119 e. The molecule has 0 heterocycles. The van der Waals surface area contributed by atoms with Crippen LogP contribution in [0.4, 0.5) is 0 Å². The molecule has 3 rings (SSSR count). The van der Waals surface area contributed by atoms with E-state index in [-0.39, 0.29) is 0 Å². The Kier molecular flexibility index (Phi) is 4.07. The van der Waals surface area contributed by atoms with Crippen LogP contribution in [0.15, 0.2) is 18.2 Å². The Morgan fingerprint density at radius 3 is 2.68 bits per heavy atom. The van der Waals surface area contributed by atoms with Crippen LogP contribution < -0.4 is 10.1 Å². The number of nitrogens with one attached hydrogen (secondary N) is 1. The summed E-state index contributed by atoms with van der Waals surface area (Å²) in [4.78, 5) is 0. The second-order valence-corrected chi connectivity index (χ2v) is 6.01. The predicted octanol–water partition coefficient (Wildman–Crippen LogP) is 3.99. The molecule has 1 aromatic carbocycles. The number of methoxy groups -OCH3 is 1. The first-order chi connectivity index (χ1) is 9.36. The highest BCUT2D eigenvalue weighted by Gasteiger charge is 2.23. The summed E-state index contributed by atoms with van der Waals surface area (Å²) in [6.45, 7) is 0. The predicted molar refractivity (Wildman–Crippen MR) is 78.7 cm³/mol. The number of benzene rings is 1. The van der Waals surface area contributed by atoms with Crippen molar-refractivity contribution in [1.82, 2.24) is 5.32 Å². The van der Waals surface area contributed by atoms with E-state index in [0.29, 0.717) is 6.04 Å². The van der Waals surface area contributed by atoms with Gasteiger partial charge in [0.25, 0.3) is 0 Å². The van der Waals surface area contributed by atoms with Crippen LogP contribution in [-0.4, -0.2) is 13.2 Å². The van der Waals surface area contributed by atoms with E-state index in [4.69, 9.17) is 4.74 Å². The van der Waals surface area contributed by atoms with Gasteiger partial charge in [0.15, 0.2) is 0 Å². The molecule has 0 amide bonds. The van der Waals surface area contributed by atoms with Crippen molar-refractivity contribution in [3.05, 3.63) is 29.3 Å². The molecular formula is C17H25NO. The summed E-state index contributed by atoms with van der Waals surface area (Å²) in [6.07, 6.45) is 10.7. The highest BCUT2D eigenvalue weighted by molar-refractivity contribution is 5.39. The van der Waals surface area contributed by atoms with Crippen molar-refractivity contribution in [2.24, 2.45) is 0 Å². The normalized spacial score (nSPS) is 23.9. The SMILES string of the molecule is COc1ccc2c(c1)CCCC2NC1CCCCC1. The molecule has 2 aliphatic carbocycles. The van der Waals surface area contributed by atoms with Crippen LogP contribution in [0.2, 0.25) is 0 Å². The van der Waals surface area contributed by atoms with Gasteiger partial charge in [-0.1, -0.05) is 25.3 Å². The van der Waals surface area contributed by atoms with Gasteiger partial charge in [-0.3, -0.25) is 0 Å². The molecule has 0 aromatic heterocycles. The van der Waals surface area contributed by atoms with Crippen molar-refractivity contribution < 1.29 is 4.74 Å². The van der Waals surface area contributed by atoms with Crippen molar-refractivity contribution in [1.29, 1.82) is 0 Å². The zero-order chi connectivity index (χ0) is 13.1. The minimum atomic E-state index is 0.567. The minimum absolute atomic E-state index is 0.567. The summed E-state index contributed by atoms with van der Waals surface area (Å²) in [5, 5.41) is 3.91. The lowest BCUT2D eigenvalue weighted by Crippen LogP contribution is -2.36. The number of rotatable bonds is 3. The zero-order valence-electron chi connectivity index (χ0n) is 12.0. The number of aryl methyl sites for hydroxylation is 1. The van der Waals surface area contributed by atoms with Gasteiger partial charge < -0.3 is 10.1 Å². The second kappa shape index (κ2) is 5.96. The largest absolute Gasteiger partial charge is 0.497 e. The summed E-state index contributed by atoms with van der Waals surface area (Å²) in [5.74, 6) is 0.997. The van der Waals surface area contributed by atoms with Crippen LogP contribution in [0.5, 0.6) is 5.75 Å². The van der Waals surface area contributed by atoms with Crippen molar-refractivity contribution >= 4 is 0 Å². The molecule has 104 valence electrons. The third-order valence-corrected chi connectivity index (χ3v) is 4.71. The molecule has 0 spiro atoms. The molecule has 0 aliphatic heterocycles. The van der Waals surface area contributed by atoms with Gasteiger partial charge >= 0.3 is 0 Å². The van der Waals surface area contributed by atoms with Gasteiger partial charge in [0.2, 0.25) is 0 Å². The van der Waals surface area contributed by atoms with Crippen LogP contribution in [0.3, 0.4) is 0 Å². The molecule has 1 saturated carbocycles. The smallest absolute Gasteiger partial charge is 0.119 e. The van der Waals surface area contributed by atoms with Crippen LogP contribution in [0, 0.1) is 0 Å². The Morgan fingerprint density at radius 2 is 1.89 bits per heavy atom. The molecule has 2 nitrogen and oxygen atoms in total. The fraction of sp³-hybridized carbons (Fsp3) is 0.647. The molecule has 1 unspecified atom stereocenters. The zero-order valence-corrected chi connectivity index (χ0v) is 12.0. The molecule has 0 saturated heterocycles. The third-order valence-electron chi connectivity index (χ3n) is 4.71. The Hall–Kier alpha value is -1.02. The molecule has 1 atom stereocenters. The van der Waals surface area contributed by atoms with Gasteiger partial charge in [0.1, 0.15) is 5.75 Å². The van der Waals surface area contributed by atoms with Gasteiger partial charge in [-0.05, 0) is 55.4 Å². The van der Waals surface area contributed by atoms with Crippen LogP contribution in [0.1, 0.15) is 62.1 Å². The lowest BCUT2D eigenvalue weighted by molar-refractivity contribution is 0.320. The number of hydrogen-bond donors (Lipinski definition) is 1. The molecule has 0 radical (unpaired) electrons. The standard InChI is InChI=1S/C17H25NO/c1-19-15-10-11-16-13(12-15)6-5-9-17(16)18-14-7-3-2-4-8-14/h10-12,14,17-18H,2-9H2,1H3. The first kappa shape index (κ1) is 13.0. The monoisotopic (exact) mass is 259 g/mol. The van der Waals surface area contributed by atoms with Crippen molar-refractivity contribution in [2.75, 3.05) is 7.11 Å². The van der Waals surface area contributed by atoms with E-state index in [1.807, 2.05) is 0 Å². The first-order valence-electron chi connectivity index (χ1n) is 7.79. The van der Waals surface area contributed by atoms with Crippen LogP contribution >= 0.6 is 0 Å². The van der Waals surface area contributed by atoms with E-state index in [9.17, 15) is 0 Å². The summed E-state index contributed by atoms with van der Waals surface area (Å²) in [7, 11) is 1.75. The fourth-order valence-electron chi connectivity index (χ4n) is 3.64.